The van der Waals surface area contributed by atoms with E-state index in [1.54, 1.807) is 0 Å². The summed E-state index contributed by atoms with van der Waals surface area (Å²) in [7, 11) is -1.22. The number of hydrogen-bond acceptors (Lipinski definition) is 4. The number of nitrogens with zero attached hydrogens (tertiary/aromatic N) is 1. The van der Waals surface area contributed by atoms with Crippen molar-refractivity contribution in [2.75, 3.05) is 20.7 Å². The zero-order chi connectivity index (χ0) is 11.4. The molecule has 1 atom stereocenters. The van der Waals surface area contributed by atoms with Crippen LogP contribution in [0.4, 0.5) is 0 Å². The van der Waals surface area contributed by atoms with E-state index in [-0.39, 0.29) is 6.42 Å². The van der Waals surface area contributed by atoms with Gasteiger partial charge in [-0.1, -0.05) is 0 Å². The summed E-state index contributed by atoms with van der Waals surface area (Å²) < 4.78 is 25.2. The van der Waals surface area contributed by atoms with E-state index in [4.69, 9.17) is 10.2 Å². The molecule has 0 aromatic rings. The summed E-state index contributed by atoms with van der Waals surface area (Å²) in [6.45, 7) is -0.396. The zero-order valence-corrected chi connectivity index (χ0v) is 8.78. The van der Waals surface area contributed by atoms with Gasteiger partial charge in [0.15, 0.2) is 0 Å². The molecule has 0 aliphatic carbocycles. The smallest absolute Gasteiger partial charge is 0.321 e. The highest BCUT2D eigenvalue weighted by molar-refractivity contribution is 7.87. The summed E-state index contributed by atoms with van der Waals surface area (Å²) in [4.78, 5) is 10.5. The van der Waals surface area contributed by atoms with Gasteiger partial charge in [0.25, 0.3) is 10.2 Å². The number of carboxylic acids is 1. The maximum atomic E-state index is 11.2. The van der Waals surface area contributed by atoms with Crippen LogP contribution in [0, 0.1) is 0 Å². The number of nitrogens with one attached hydrogen (secondary N) is 1. The Balaban J connectivity index is 4.53. The molecule has 0 aliphatic rings. The van der Waals surface area contributed by atoms with Crippen molar-refractivity contribution in [3.8, 4) is 0 Å². The first-order chi connectivity index (χ1) is 6.31. The Labute approximate surface area is 82.5 Å². The molecular weight excluding hydrogens is 212 g/mol. The molecule has 7 nitrogen and oxygen atoms in total. The standard InChI is InChI=1S/C6H14N2O5S/c1-8(2)14(12,13)7-5(3-4-9)6(10)11/h5,7,9H,3-4H2,1-2H3,(H,10,11). The van der Waals surface area contributed by atoms with Crippen LogP contribution in [0.3, 0.4) is 0 Å². The molecule has 0 bridgehead atoms. The fourth-order valence-corrected chi connectivity index (χ4v) is 1.44. The predicted molar refractivity (Wildman–Crippen MR) is 48.9 cm³/mol. The highest BCUT2D eigenvalue weighted by Crippen LogP contribution is 1.97. The van der Waals surface area contributed by atoms with Crippen molar-refractivity contribution in [3.63, 3.8) is 0 Å². The van der Waals surface area contributed by atoms with Crippen LogP contribution in [0.25, 0.3) is 0 Å². The number of carboxylic acid groups (broad SMARTS) is 1. The Hall–Kier alpha value is -0.700. The van der Waals surface area contributed by atoms with E-state index in [0.717, 1.165) is 4.31 Å². The molecule has 0 heterocycles. The van der Waals surface area contributed by atoms with Gasteiger partial charge < -0.3 is 10.2 Å². The van der Waals surface area contributed by atoms with Crippen LogP contribution in [0.1, 0.15) is 6.42 Å². The normalized spacial score (nSPS) is 14.3. The number of carbonyl (C=O) groups is 1. The lowest BCUT2D eigenvalue weighted by molar-refractivity contribution is -0.139. The summed E-state index contributed by atoms with van der Waals surface area (Å²) in [6, 6.07) is -1.30. The maximum absolute atomic E-state index is 11.2. The second-order valence-corrected chi connectivity index (χ2v) is 4.72. The quantitative estimate of drug-likeness (QED) is 0.496. The molecule has 0 radical (unpaired) electrons. The first kappa shape index (κ1) is 13.3. The minimum atomic E-state index is -3.77. The lowest BCUT2D eigenvalue weighted by atomic mass is 10.2. The predicted octanol–water partition coefficient (Wildman–Crippen LogP) is -1.78. The van der Waals surface area contributed by atoms with E-state index < -0.39 is 28.8 Å². The van der Waals surface area contributed by atoms with Gasteiger partial charge in [-0.15, -0.1) is 0 Å². The van der Waals surface area contributed by atoms with Gasteiger partial charge in [0.1, 0.15) is 6.04 Å². The van der Waals surface area contributed by atoms with Gasteiger partial charge in [-0.25, -0.2) is 0 Å². The Kier molecular flexibility index (Phi) is 4.99. The topological polar surface area (TPSA) is 107 Å². The van der Waals surface area contributed by atoms with E-state index >= 15 is 0 Å². The van der Waals surface area contributed by atoms with Crippen LogP contribution in [0.5, 0.6) is 0 Å². The second-order valence-electron chi connectivity index (χ2n) is 2.81. The van der Waals surface area contributed by atoms with Gasteiger partial charge in [0, 0.05) is 20.7 Å². The molecule has 0 spiro atoms. The average molecular weight is 226 g/mol. The van der Waals surface area contributed by atoms with Crippen LogP contribution >= 0.6 is 0 Å². The van der Waals surface area contributed by atoms with Crippen LogP contribution in [0.15, 0.2) is 0 Å². The first-order valence-electron chi connectivity index (χ1n) is 3.84. The lowest BCUT2D eigenvalue weighted by Crippen LogP contribution is -2.46. The lowest BCUT2D eigenvalue weighted by Gasteiger charge is -2.17. The largest absolute Gasteiger partial charge is 0.480 e. The van der Waals surface area contributed by atoms with Gasteiger partial charge in [0.05, 0.1) is 0 Å². The SMILES string of the molecule is CN(C)S(=O)(=O)NC(CCO)C(=O)O. The van der Waals surface area contributed by atoms with Crippen LogP contribution in [0.2, 0.25) is 0 Å². The highest BCUT2D eigenvalue weighted by atomic mass is 32.2. The van der Waals surface area contributed by atoms with E-state index in [1.165, 1.54) is 14.1 Å². The van der Waals surface area contributed by atoms with Gasteiger partial charge in [-0.05, 0) is 6.42 Å². The summed E-state index contributed by atoms with van der Waals surface area (Å²) in [6.07, 6.45) is -0.164. The van der Waals surface area contributed by atoms with E-state index in [2.05, 4.69) is 0 Å². The zero-order valence-electron chi connectivity index (χ0n) is 7.97. The van der Waals surface area contributed by atoms with Crippen molar-refractivity contribution in [1.29, 1.82) is 0 Å². The monoisotopic (exact) mass is 226 g/mol. The van der Waals surface area contributed by atoms with Gasteiger partial charge >= 0.3 is 5.97 Å². The maximum Gasteiger partial charge on any atom is 0.321 e. The van der Waals surface area contributed by atoms with Gasteiger partial charge in [-0.2, -0.15) is 17.4 Å². The van der Waals surface area contributed by atoms with Crippen molar-refractivity contribution in [3.05, 3.63) is 0 Å². The summed E-state index contributed by atoms with van der Waals surface area (Å²) in [5.74, 6) is -1.32. The van der Waals surface area contributed by atoms with Crippen molar-refractivity contribution >= 4 is 16.2 Å². The molecule has 0 aliphatic heterocycles. The highest BCUT2D eigenvalue weighted by Gasteiger charge is 2.24. The van der Waals surface area contributed by atoms with Crippen molar-refractivity contribution in [1.82, 2.24) is 9.03 Å². The Morgan fingerprint density at radius 3 is 2.29 bits per heavy atom. The van der Waals surface area contributed by atoms with Crippen molar-refractivity contribution < 1.29 is 23.4 Å². The third-order valence-electron chi connectivity index (χ3n) is 1.49. The molecule has 0 aromatic carbocycles. The average Bonchev–Trinajstić information content (AvgIpc) is 2.02. The molecule has 0 fully saturated rings. The van der Waals surface area contributed by atoms with Crippen LogP contribution in [-0.4, -0.2) is 55.6 Å². The molecule has 84 valence electrons. The third kappa shape index (κ3) is 4.01. The number of rotatable bonds is 6. The van der Waals surface area contributed by atoms with E-state index in [1.807, 2.05) is 4.72 Å². The van der Waals surface area contributed by atoms with Crippen LogP contribution < -0.4 is 4.72 Å². The van der Waals surface area contributed by atoms with Crippen molar-refractivity contribution in [2.45, 2.75) is 12.5 Å². The van der Waals surface area contributed by atoms with E-state index in [9.17, 15) is 13.2 Å². The number of aliphatic hydroxyl groups is 1. The molecular formula is C6H14N2O5S. The molecule has 1 unspecified atom stereocenters. The van der Waals surface area contributed by atoms with Crippen LogP contribution in [-0.2, 0) is 15.0 Å². The molecule has 0 saturated heterocycles. The van der Waals surface area contributed by atoms with Gasteiger partial charge in [0.2, 0.25) is 0 Å². The first-order valence-corrected chi connectivity index (χ1v) is 5.28. The fourth-order valence-electron chi connectivity index (χ4n) is 0.647. The van der Waals surface area contributed by atoms with Crippen molar-refractivity contribution in [2.24, 2.45) is 0 Å². The summed E-state index contributed by atoms with van der Waals surface area (Å²) >= 11 is 0. The Morgan fingerprint density at radius 1 is 1.50 bits per heavy atom. The molecule has 14 heavy (non-hydrogen) atoms. The number of hydrogen-bond donors (Lipinski definition) is 3. The third-order valence-corrected chi connectivity index (χ3v) is 3.03. The molecule has 3 N–H and O–H groups in total. The Bertz CT molecular complexity index is 287. The molecule has 0 saturated carbocycles. The molecule has 8 heteroatoms. The van der Waals surface area contributed by atoms with Gasteiger partial charge in [-0.3, -0.25) is 4.79 Å². The summed E-state index contributed by atoms with van der Waals surface area (Å²) in [5.41, 5.74) is 0. The summed E-state index contributed by atoms with van der Waals surface area (Å²) in [5, 5.41) is 17.1. The molecule has 0 amide bonds. The molecule has 0 aromatic heterocycles. The minimum absolute atomic E-state index is 0.164. The number of aliphatic hydroxyl groups excluding tert-OH is 1. The fraction of sp³-hybridized carbons (Fsp3) is 0.833. The minimum Gasteiger partial charge on any atom is -0.480 e. The molecule has 0 rings (SSSR count). The Morgan fingerprint density at radius 2 is 2.00 bits per heavy atom. The second kappa shape index (κ2) is 5.25. The van der Waals surface area contributed by atoms with E-state index in [0.29, 0.717) is 0 Å². The number of aliphatic carboxylic acids is 1.